The Morgan fingerprint density at radius 3 is 2.42 bits per heavy atom. The minimum atomic E-state index is -0.0916. The molecule has 0 bridgehead atoms. The summed E-state index contributed by atoms with van der Waals surface area (Å²) >= 11 is 0. The summed E-state index contributed by atoms with van der Waals surface area (Å²) in [5, 5.41) is 5.98. The van der Waals surface area contributed by atoms with Gasteiger partial charge in [0.2, 0.25) is 11.8 Å². The molecular formula is C13H26N4O2. The lowest BCUT2D eigenvalue weighted by Gasteiger charge is -2.37. The van der Waals surface area contributed by atoms with E-state index in [9.17, 15) is 9.59 Å². The first kappa shape index (κ1) is 15.9. The van der Waals surface area contributed by atoms with E-state index in [-0.39, 0.29) is 18.4 Å². The van der Waals surface area contributed by atoms with Gasteiger partial charge in [0, 0.05) is 32.7 Å². The molecule has 0 aromatic carbocycles. The Kier molecular flexibility index (Phi) is 6.80. The monoisotopic (exact) mass is 270 g/mol. The van der Waals surface area contributed by atoms with Gasteiger partial charge in [0.1, 0.15) is 0 Å². The van der Waals surface area contributed by atoms with E-state index in [1.54, 1.807) is 7.05 Å². The molecule has 6 nitrogen and oxygen atoms in total. The first-order valence-electron chi connectivity index (χ1n) is 7.03. The molecule has 1 aliphatic heterocycles. The van der Waals surface area contributed by atoms with Crippen molar-refractivity contribution in [2.45, 2.75) is 26.3 Å². The highest BCUT2D eigenvalue weighted by Crippen LogP contribution is 2.04. The van der Waals surface area contributed by atoms with Crippen molar-refractivity contribution in [3.63, 3.8) is 0 Å². The standard InChI is InChI=1S/C13H26N4O2/c1-4-6-15-12(18)9-16(3)13(19)10-17(5-2)11-7-14-8-11/h11,14H,4-10H2,1-3H3,(H,15,18). The maximum atomic E-state index is 12.0. The smallest absolute Gasteiger partial charge is 0.239 e. The molecule has 0 spiro atoms. The highest BCUT2D eigenvalue weighted by atomic mass is 16.2. The van der Waals surface area contributed by atoms with Crippen LogP contribution in [0.3, 0.4) is 0 Å². The molecular weight excluding hydrogens is 244 g/mol. The Bertz CT molecular complexity index is 305. The van der Waals surface area contributed by atoms with Gasteiger partial charge in [-0.2, -0.15) is 0 Å². The Balaban J connectivity index is 2.32. The van der Waals surface area contributed by atoms with Crippen LogP contribution in [0, 0.1) is 0 Å². The van der Waals surface area contributed by atoms with Gasteiger partial charge in [-0.1, -0.05) is 13.8 Å². The normalized spacial score (nSPS) is 15.2. The lowest BCUT2D eigenvalue weighted by molar-refractivity contribution is -0.136. The largest absolute Gasteiger partial charge is 0.355 e. The van der Waals surface area contributed by atoms with Crippen molar-refractivity contribution in [3.05, 3.63) is 0 Å². The van der Waals surface area contributed by atoms with Crippen molar-refractivity contribution in [1.29, 1.82) is 0 Å². The van der Waals surface area contributed by atoms with E-state index in [2.05, 4.69) is 22.5 Å². The number of amides is 2. The fourth-order valence-corrected chi connectivity index (χ4v) is 1.95. The second-order valence-electron chi connectivity index (χ2n) is 4.97. The summed E-state index contributed by atoms with van der Waals surface area (Å²) in [5.41, 5.74) is 0. The van der Waals surface area contributed by atoms with Crippen LogP contribution in [0.5, 0.6) is 0 Å². The van der Waals surface area contributed by atoms with Crippen molar-refractivity contribution < 1.29 is 9.59 Å². The molecule has 0 radical (unpaired) electrons. The first-order valence-corrected chi connectivity index (χ1v) is 7.03. The number of rotatable bonds is 8. The van der Waals surface area contributed by atoms with Crippen molar-refractivity contribution in [1.82, 2.24) is 20.4 Å². The van der Waals surface area contributed by atoms with Crippen LogP contribution in [0.4, 0.5) is 0 Å². The minimum absolute atomic E-state index is 0.000369. The first-order chi connectivity index (χ1) is 9.08. The lowest BCUT2D eigenvalue weighted by Crippen LogP contribution is -2.59. The van der Waals surface area contributed by atoms with Crippen molar-refractivity contribution >= 4 is 11.8 Å². The zero-order chi connectivity index (χ0) is 14.3. The average Bonchev–Trinajstić information content (AvgIpc) is 2.32. The Morgan fingerprint density at radius 2 is 1.95 bits per heavy atom. The fraction of sp³-hybridized carbons (Fsp3) is 0.846. The van der Waals surface area contributed by atoms with E-state index < -0.39 is 0 Å². The Labute approximate surface area is 115 Å². The summed E-state index contributed by atoms with van der Waals surface area (Å²) in [6, 6.07) is 0.455. The molecule has 1 fully saturated rings. The zero-order valence-electron chi connectivity index (χ0n) is 12.2. The van der Waals surface area contributed by atoms with Gasteiger partial charge in [-0.25, -0.2) is 0 Å². The molecule has 0 atom stereocenters. The molecule has 19 heavy (non-hydrogen) atoms. The van der Waals surface area contributed by atoms with E-state index >= 15 is 0 Å². The van der Waals surface area contributed by atoms with Gasteiger partial charge in [-0.15, -0.1) is 0 Å². The molecule has 1 saturated heterocycles. The van der Waals surface area contributed by atoms with E-state index in [0.717, 1.165) is 26.1 Å². The van der Waals surface area contributed by atoms with Gasteiger partial charge in [-0.05, 0) is 13.0 Å². The third-order valence-corrected chi connectivity index (χ3v) is 3.40. The second kappa shape index (κ2) is 8.12. The lowest BCUT2D eigenvalue weighted by atomic mass is 10.1. The molecule has 6 heteroatoms. The molecule has 1 rings (SSSR count). The van der Waals surface area contributed by atoms with E-state index in [1.165, 1.54) is 4.90 Å². The maximum absolute atomic E-state index is 12.0. The van der Waals surface area contributed by atoms with Crippen LogP contribution >= 0.6 is 0 Å². The summed E-state index contributed by atoms with van der Waals surface area (Å²) < 4.78 is 0. The number of carbonyl (C=O) groups is 2. The minimum Gasteiger partial charge on any atom is -0.355 e. The molecule has 0 aliphatic carbocycles. The summed E-state index contributed by atoms with van der Waals surface area (Å²) in [4.78, 5) is 27.2. The highest BCUT2D eigenvalue weighted by molar-refractivity contribution is 5.85. The summed E-state index contributed by atoms with van der Waals surface area (Å²) in [6.45, 7) is 7.99. The Morgan fingerprint density at radius 1 is 1.26 bits per heavy atom. The molecule has 0 aromatic heterocycles. The molecule has 110 valence electrons. The second-order valence-corrected chi connectivity index (χ2v) is 4.97. The van der Waals surface area contributed by atoms with Crippen molar-refractivity contribution in [3.8, 4) is 0 Å². The van der Waals surface area contributed by atoms with Gasteiger partial charge in [0.25, 0.3) is 0 Å². The van der Waals surface area contributed by atoms with Crippen LogP contribution in [0.1, 0.15) is 20.3 Å². The fourth-order valence-electron chi connectivity index (χ4n) is 1.95. The highest BCUT2D eigenvalue weighted by Gasteiger charge is 2.26. The number of likely N-dealkylation sites (N-methyl/N-ethyl adjacent to an activating group) is 2. The Hall–Kier alpha value is -1.14. The van der Waals surface area contributed by atoms with E-state index in [4.69, 9.17) is 0 Å². The van der Waals surface area contributed by atoms with Gasteiger partial charge < -0.3 is 15.5 Å². The molecule has 1 aliphatic rings. The predicted octanol–water partition coefficient (Wildman–Crippen LogP) is -0.735. The van der Waals surface area contributed by atoms with Crippen LogP contribution in [0.15, 0.2) is 0 Å². The predicted molar refractivity (Wildman–Crippen MR) is 74.8 cm³/mol. The van der Waals surface area contributed by atoms with E-state index in [1.807, 2.05) is 6.92 Å². The van der Waals surface area contributed by atoms with Gasteiger partial charge in [0.15, 0.2) is 0 Å². The van der Waals surface area contributed by atoms with Crippen molar-refractivity contribution in [2.75, 3.05) is 46.3 Å². The SMILES string of the molecule is CCCNC(=O)CN(C)C(=O)CN(CC)C1CNC1. The number of nitrogens with one attached hydrogen (secondary N) is 2. The average molecular weight is 270 g/mol. The summed E-state index contributed by atoms with van der Waals surface area (Å²) in [5.74, 6) is -0.0912. The topological polar surface area (TPSA) is 64.7 Å². The van der Waals surface area contributed by atoms with Gasteiger partial charge in [0.05, 0.1) is 13.1 Å². The van der Waals surface area contributed by atoms with Crippen molar-refractivity contribution in [2.24, 2.45) is 0 Å². The van der Waals surface area contributed by atoms with Crippen LogP contribution in [-0.4, -0.2) is 74.0 Å². The molecule has 0 unspecified atom stereocenters. The third kappa shape index (κ3) is 5.16. The van der Waals surface area contributed by atoms with E-state index in [0.29, 0.717) is 19.1 Å². The quantitative estimate of drug-likeness (QED) is 0.610. The summed E-state index contributed by atoms with van der Waals surface area (Å²) in [6.07, 6.45) is 0.904. The van der Waals surface area contributed by atoms with Crippen LogP contribution in [-0.2, 0) is 9.59 Å². The number of nitrogens with zero attached hydrogens (tertiary/aromatic N) is 2. The van der Waals surface area contributed by atoms with Gasteiger partial charge >= 0.3 is 0 Å². The molecule has 1 heterocycles. The number of hydrogen-bond acceptors (Lipinski definition) is 4. The van der Waals surface area contributed by atoms with Crippen LogP contribution < -0.4 is 10.6 Å². The third-order valence-electron chi connectivity index (χ3n) is 3.40. The van der Waals surface area contributed by atoms with Gasteiger partial charge in [-0.3, -0.25) is 14.5 Å². The number of carbonyl (C=O) groups excluding carboxylic acids is 2. The molecule has 2 N–H and O–H groups in total. The molecule has 2 amide bonds. The van der Waals surface area contributed by atoms with Crippen LogP contribution in [0.2, 0.25) is 0 Å². The maximum Gasteiger partial charge on any atom is 0.239 e. The van der Waals surface area contributed by atoms with Crippen LogP contribution in [0.25, 0.3) is 0 Å². The molecule has 0 saturated carbocycles. The molecule has 0 aromatic rings. The zero-order valence-corrected chi connectivity index (χ0v) is 12.2. The number of hydrogen-bond donors (Lipinski definition) is 2. The summed E-state index contributed by atoms with van der Waals surface area (Å²) in [7, 11) is 1.68.